The SMILES string of the molecule is C[C@H]1CCC[C@H](C)N1C(=O)COC(=O)c1ccc(-c2ccc(O)cc2)cc1. The number of piperidine rings is 1. The Labute approximate surface area is 159 Å². The second-order valence-corrected chi connectivity index (χ2v) is 7.13. The van der Waals surface area contributed by atoms with E-state index >= 15 is 0 Å². The first-order valence-electron chi connectivity index (χ1n) is 9.33. The van der Waals surface area contributed by atoms with E-state index in [0.29, 0.717) is 5.56 Å². The highest BCUT2D eigenvalue weighted by Crippen LogP contribution is 2.24. The van der Waals surface area contributed by atoms with Gasteiger partial charge < -0.3 is 14.7 Å². The Hall–Kier alpha value is -2.82. The molecule has 1 amide bonds. The summed E-state index contributed by atoms with van der Waals surface area (Å²) in [5, 5.41) is 9.36. The molecule has 1 saturated heterocycles. The van der Waals surface area contributed by atoms with Crippen LogP contribution in [0.3, 0.4) is 0 Å². The van der Waals surface area contributed by atoms with Crippen LogP contribution in [0.1, 0.15) is 43.5 Å². The van der Waals surface area contributed by atoms with Crippen LogP contribution in [-0.2, 0) is 9.53 Å². The molecule has 0 saturated carbocycles. The van der Waals surface area contributed by atoms with Crippen LogP contribution >= 0.6 is 0 Å². The van der Waals surface area contributed by atoms with Crippen molar-refractivity contribution >= 4 is 11.9 Å². The third-order valence-electron chi connectivity index (χ3n) is 5.13. The van der Waals surface area contributed by atoms with Crippen molar-refractivity contribution in [3.63, 3.8) is 0 Å². The molecule has 0 spiro atoms. The maximum atomic E-state index is 12.4. The molecule has 2 aromatic carbocycles. The number of esters is 1. The normalized spacial score (nSPS) is 19.6. The van der Waals surface area contributed by atoms with Crippen LogP contribution in [0.5, 0.6) is 5.75 Å². The first-order chi connectivity index (χ1) is 13.0. The number of carbonyl (C=O) groups excluding carboxylic acids is 2. The summed E-state index contributed by atoms with van der Waals surface area (Å²) in [7, 11) is 0. The van der Waals surface area contributed by atoms with Crippen molar-refractivity contribution < 1.29 is 19.4 Å². The number of hydrogen-bond donors (Lipinski definition) is 1. The van der Waals surface area contributed by atoms with E-state index in [4.69, 9.17) is 4.74 Å². The van der Waals surface area contributed by atoms with E-state index < -0.39 is 5.97 Å². The highest BCUT2D eigenvalue weighted by molar-refractivity contribution is 5.92. The highest BCUT2D eigenvalue weighted by Gasteiger charge is 2.29. The lowest BCUT2D eigenvalue weighted by atomic mass is 9.97. The van der Waals surface area contributed by atoms with Gasteiger partial charge in [0.1, 0.15) is 5.75 Å². The van der Waals surface area contributed by atoms with E-state index in [0.717, 1.165) is 30.4 Å². The van der Waals surface area contributed by atoms with Crippen LogP contribution in [0.15, 0.2) is 48.5 Å². The van der Waals surface area contributed by atoms with Gasteiger partial charge in [-0.05, 0) is 68.5 Å². The molecule has 2 atom stereocenters. The van der Waals surface area contributed by atoms with Gasteiger partial charge in [0.25, 0.3) is 5.91 Å². The molecule has 0 aromatic heterocycles. The molecule has 5 nitrogen and oxygen atoms in total. The monoisotopic (exact) mass is 367 g/mol. The zero-order chi connectivity index (χ0) is 19.4. The number of benzene rings is 2. The van der Waals surface area contributed by atoms with Crippen molar-refractivity contribution in [3.8, 4) is 16.9 Å². The van der Waals surface area contributed by atoms with Gasteiger partial charge in [-0.15, -0.1) is 0 Å². The minimum absolute atomic E-state index is 0.135. The number of nitrogens with zero attached hydrogens (tertiary/aromatic N) is 1. The summed E-state index contributed by atoms with van der Waals surface area (Å²) in [5.74, 6) is -0.428. The minimum Gasteiger partial charge on any atom is -0.508 e. The molecule has 1 aliphatic heterocycles. The standard InChI is InChI=1S/C22H25NO4/c1-15-4-3-5-16(2)23(15)21(25)14-27-22(26)19-8-6-17(7-9-19)18-10-12-20(24)13-11-18/h6-13,15-16,24H,3-5,14H2,1-2H3/t15-,16-/m0/s1. The van der Waals surface area contributed by atoms with Gasteiger partial charge in [-0.1, -0.05) is 24.3 Å². The van der Waals surface area contributed by atoms with E-state index in [1.807, 2.05) is 43.0 Å². The lowest BCUT2D eigenvalue weighted by Gasteiger charge is -2.38. The molecule has 142 valence electrons. The molecule has 1 fully saturated rings. The molecule has 0 aliphatic carbocycles. The van der Waals surface area contributed by atoms with Crippen molar-refractivity contribution in [3.05, 3.63) is 54.1 Å². The fraction of sp³-hybridized carbons (Fsp3) is 0.364. The lowest BCUT2D eigenvalue weighted by molar-refractivity contribution is -0.140. The molecule has 1 heterocycles. The van der Waals surface area contributed by atoms with Crippen LogP contribution < -0.4 is 0 Å². The van der Waals surface area contributed by atoms with Gasteiger partial charge in [-0.25, -0.2) is 4.79 Å². The molecule has 5 heteroatoms. The molecular formula is C22H25NO4. The van der Waals surface area contributed by atoms with Gasteiger partial charge in [-0.2, -0.15) is 0 Å². The molecule has 3 rings (SSSR count). The van der Waals surface area contributed by atoms with Crippen molar-refractivity contribution in [2.45, 2.75) is 45.2 Å². The van der Waals surface area contributed by atoms with Crippen molar-refractivity contribution in [2.75, 3.05) is 6.61 Å². The van der Waals surface area contributed by atoms with Crippen LogP contribution in [0.25, 0.3) is 11.1 Å². The van der Waals surface area contributed by atoms with E-state index in [-0.39, 0.29) is 30.3 Å². The number of phenolic OH excluding ortho intramolecular Hbond substituents is 1. The first kappa shape index (κ1) is 19.0. The molecule has 0 radical (unpaired) electrons. The van der Waals surface area contributed by atoms with Gasteiger partial charge in [0.2, 0.25) is 0 Å². The van der Waals surface area contributed by atoms with Crippen LogP contribution in [0.4, 0.5) is 0 Å². The van der Waals surface area contributed by atoms with Crippen molar-refractivity contribution in [1.29, 1.82) is 0 Å². The summed E-state index contributed by atoms with van der Waals surface area (Å²) < 4.78 is 5.24. The van der Waals surface area contributed by atoms with Gasteiger partial charge >= 0.3 is 5.97 Å². The fourth-order valence-electron chi connectivity index (χ4n) is 3.65. The second kappa shape index (κ2) is 8.25. The maximum Gasteiger partial charge on any atom is 0.338 e. The van der Waals surface area contributed by atoms with Crippen LogP contribution in [0, 0.1) is 0 Å². The Bertz CT molecular complexity index is 788. The quantitative estimate of drug-likeness (QED) is 0.830. The van der Waals surface area contributed by atoms with E-state index in [1.165, 1.54) is 0 Å². The Morgan fingerprint density at radius 1 is 0.963 bits per heavy atom. The number of likely N-dealkylation sites (tertiary alicyclic amines) is 1. The number of ether oxygens (including phenoxy) is 1. The third-order valence-corrected chi connectivity index (χ3v) is 5.13. The Morgan fingerprint density at radius 2 is 1.48 bits per heavy atom. The first-order valence-corrected chi connectivity index (χ1v) is 9.33. The second-order valence-electron chi connectivity index (χ2n) is 7.13. The summed E-state index contributed by atoms with van der Waals surface area (Å²) in [4.78, 5) is 26.5. The summed E-state index contributed by atoms with van der Waals surface area (Å²) in [6.07, 6.45) is 3.10. The number of phenols is 1. The Kier molecular flexibility index (Phi) is 5.79. The summed E-state index contributed by atoms with van der Waals surface area (Å²) in [5.41, 5.74) is 2.28. The Balaban J connectivity index is 1.59. The number of amides is 1. The summed E-state index contributed by atoms with van der Waals surface area (Å²) >= 11 is 0. The largest absolute Gasteiger partial charge is 0.508 e. The highest BCUT2D eigenvalue weighted by atomic mass is 16.5. The summed E-state index contributed by atoms with van der Waals surface area (Å²) in [6, 6.07) is 14.2. The van der Waals surface area contributed by atoms with Crippen molar-refractivity contribution in [1.82, 2.24) is 4.90 Å². The number of hydrogen-bond acceptors (Lipinski definition) is 4. The molecule has 0 unspecified atom stereocenters. The molecule has 0 bridgehead atoms. The number of aromatic hydroxyl groups is 1. The van der Waals surface area contributed by atoms with Gasteiger partial charge in [0, 0.05) is 12.1 Å². The van der Waals surface area contributed by atoms with E-state index in [9.17, 15) is 14.7 Å². The molecule has 1 N–H and O–H groups in total. The van der Waals surface area contributed by atoms with Crippen LogP contribution in [0.2, 0.25) is 0 Å². The maximum absolute atomic E-state index is 12.4. The fourth-order valence-corrected chi connectivity index (χ4v) is 3.65. The van der Waals surface area contributed by atoms with Crippen molar-refractivity contribution in [2.24, 2.45) is 0 Å². The van der Waals surface area contributed by atoms with Gasteiger partial charge in [0.15, 0.2) is 6.61 Å². The lowest BCUT2D eigenvalue weighted by Crippen LogP contribution is -2.49. The van der Waals surface area contributed by atoms with E-state index in [2.05, 4.69) is 0 Å². The molecule has 2 aromatic rings. The average molecular weight is 367 g/mol. The third kappa shape index (κ3) is 4.48. The molecule has 1 aliphatic rings. The van der Waals surface area contributed by atoms with Gasteiger partial charge in [-0.3, -0.25) is 4.79 Å². The molecule has 27 heavy (non-hydrogen) atoms. The molecular weight excluding hydrogens is 342 g/mol. The zero-order valence-electron chi connectivity index (χ0n) is 15.7. The zero-order valence-corrected chi connectivity index (χ0v) is 15.7. The predicted molar refractivity (Wildman–Crippen MR) is 103 cm³/mol. The Morgan fingerprint density at radius 3 is 2.04 bits per heavy atom. The summed E-state index contributed by atoms with van der Waals surface area (Å²) in [6.45, 7) is 3.85. The van der Waals surface area contributed by atoms with E-state index in [1.54, 1.807) is 24.3 Å². The predicted octanol–water partition coefficient (Wildman–Crippen LogP) is 4.01. The van der Waals surface area contributed by atoms with Gasteiger partial charge in [0.05, 0.1) is 5.56 Å². The smallest absolute Gasteiger partial charge is 0.338 e. The minimum atomic E-state index is -0.502. The number of rotatable bonds is 4. The topological polar surface area (TPSA) is 66.8 Å². The number of carbonyl (C=O) groups is 2. The van der Waals surface area contributed by atoms with Crippen LogP contribution in [-0.4, -0.2) is 40.6 Å². The average Bonchev–Trinajstić information content (AvgIpc) is 2.67.